The quantitative estimate of drug-likeness (QED) is 0.275. The van der Waals surface area contributed by atoms with Crippen LogP contribution in [0.4, 0.5) is 0 Å². The summed E-state index contributed by atoms with van der Waals surface area (Å²) in [7, 11) is 1.68. The largest absolute Gasteiger partial charge is 0.493 e. The molecule has 0 atom stereocenters. The fraction of sp³-hybridized carbons (Fsp3) is 0.619. The molecule has 0 spiro atoms. The van der Waals surface area contributed by atoms with E-state index in [0.717, 1.165) is 23.3 Å². The number of nitrogens with one attached hydrogen (secondary N) is 2. The minimum absolute atomic E-state index is 0.0530. The van der Waals surface area contributed by atoms with Crippen LogP contribution in [0.3, 0.4) is 0 Å². The number of nitrogens with zero attached hydrogens (tertiary/aromatic N) is 1. The average Bonchev–Trinajstić information content (AvgIpc) is 2.61. The fourth-order valence-corrected chi connectivity index (χ4v) is 2.35. The Morgan fingerprint density at radius 1 is 1.18 bits per heavy atom. The minimum atomic E-state index is -0.509. The zero-order valence-electron chi connectivity index (χ0n) is 18.1. The van der Waals surface area contributed by atoms with E-state index < -0.39 is 5.60 Å². The number of hydrogen-bond acceptors (Lipinski definition) is 5. The van der Waals surface area contributed by atoms with Crippen molar-refractivity contribution in [1.82, 2.24) is 10.6 Å². The lowest BCUT2D eigenvalue weighted by Gasteiger charge is -2.20. The molecular weight excluding hydrogens is 358 g/mol. The molecule has 0 aliphatic rings. The molecule has 0 aromatic heterocycles. The molecule has 28 heavy (non-hydrogen) atoms. The van der Waals surface area contributed by atoms with Gasteiger partial charge in [-0.2, -0.15) is 0 Å². The van der Waals surface area contributed by atoms with E-state index in [0.29, 0.717) is 32.3 Å². The van der Waals surface area contributed by atoms with Crippen LogP contribution < -0.4 is 15.4 Å². The van der Waals surface area contributed by atoms with Crippen LogP contribution >= 0.6 is 0 Å². The smallest absolute Gasteiger partial charge is 0.325 e. The molecule has 0 unspecified atom stereocenters. The number of rotatable bonds is 10. The van der Waals surface area contributed by atoms with E-state index in [1.54, 1.807) is 7.11 Å². The molecule has 0 heterocycles. The van der Waals surface area contributed by atoms with Crippen molar-refractivity contribution in [2.45, 2.75) is 53.2 Å². The van der Waals surface area contributed by atoms with Crippen LogP contribution in [0.1, 0.15) is 45.2 Å². The summed E-state index contributed by atoms with van der Waals surface area (Å²) in [4.78, 5) is 16.5. The molecule has 0 aliphatic carbocycles. The highest BCUT2D eigenvalue weighted by Crippen LogP contribution is 2.21. The van der Waals surface area contributed by atoms with Gasteiger partial charge in [0.1, 0.15) is 17.9 Å². The van der Waals surface area contributed by atoms with Gasteiger partial charge in [0.2, 0.25) is 0 Å². The summed E-state index contributed by atoms with van der Waals surface area (Å²) < 4.78 is 16.3. The molecule has 7 nitrogen and oxygen atoms in total. The van der Waals surface area contributed by atoms with Gasteiger partial charge >= 0.3 is 5.97 Å². The van der Waals surface area contributed by atoms with Crippen LogP contribution in [-0.2, 0) is 20.8 Å². The maximum Gasteiger partial charge on any atom is 0.325 e. The lowest BCUT2D eigenvalue weighted by Crippen LogP contribution is -2.41. The maximum absolute atomic E-state index is 11.9. The molecule has 2 N–H and O–H groups in total. The molecule has 0 saturated heterocycles. The van der Waals surface area contributed by atoms with Crippen molar-refractivity contribution in [3.05, 3.63) is 29.3 Å². The molecule has 1 rings (SSSR count). The standard InChI is InChI=1S/C21H35N3O4/c1-7-22-20(24-15-19(25)28-21(3,4)5)23-14-17-10-9-16(2)13-18(17)27-12-8-11-26-6/h9-10,13H,7-8,11-12,14-15H2,1-6H3,(H2,22,23,24). The van der Waals surface area contributed by atoms with Crippen molar-refractivity contribution in [2.24, 2.45) is 4.99 Å². The number of aliphatic imine (C=N–C) groups is 1. The normalized spacial score (nSPS) is 11.9. The Labute approximate surface area is 168 Å². The zero-order valence-corrected chi connectivity index (χ0v) is 18.1. The summed E-state index contributed by atoms with van der Waals surface area (Å²) in [6.07, 6.45) is 0.827. The molecular formula is C21H35N3O4. The Morgan fingerprint density at radius 2 is 1.93 bits per heavy atom. The Morgan fingerprint density at radius 3 is 2.57 bits per heavy atom. The number of guanidine groups is 1. The molecule has 0 fully saturated rings. The van der Waals surface area contributed by atoms with Crippen molar-refractivity contribution in [2.75, 3.05) is 33.4 Å². The minimum Gasteiger partial charge on any atom is -0.493 e. The predicted molar refractivity (Wildman–Crippen MR) is 112 cm³/mol. The summed E-state index contributed by atoms with van der Waals surface area (Å²) in [5.41, 5.74) is 1.60. The van der Waals surface area contributed by atoms with Crippen LogP contribution in [0.2, 0.25) is 0 Å². The van der Waals surface area contributed by atoms with Gasteiger partial charge in [-0.1, -0.05) is 12.1 Å². The van der Waals surface area contributed by atoms with E-state index in [-0.39, 0.29) is 12.5 Å². The summed E-state index contributed by atoms with van der Waals surface area (Å²) in [5, 5.41) is 6.15. The molecule has 0 bridgehead atoms. The van der Waals surface area contributed by atoms with Gasteiger partial charge in [0, 0.05) is 32.2 Å². The highest BCUT2D eigenvalue weighted by molar-refractivity contribution is 5.84. The molecule has 1 aromatic carbocycles. The molecule has 0 aliphatic heterocycles. The first-order valence-electron chi connectivity index (χ1n) is 9.70. The number of methoxy groups -OCH3 is 1. The van der Waals surface area contributed by atoms with E-state index in [9.17, 15) is 4.79 Å². The fourth-order valence-electron chi connectivity index (χ4n) is 2.35. The maximum atomic E-state index is 11.9. The number of carbonyl (C=O) groups is 1. The molecule has 7 heteroatoms. The van der Waals surface area contributed by atoms with Gasteiger partial charge in [-0.15, -0.1) is 0 Å². The Bertz CT molecular complexity index is 639. The van der Waals surface area contributed by atoms with Gasteiger partial charge in [0.05, 0.1) is 13.2 Å². The van der Waals surface area contributed by atoms with Crippen molar-refractivity contribution in [3.8, 4) is 5.75 Å². The van der Waals surface area contributed by atoms with E-state index in [4.69, 9.17) is 14.2 Å². The first-order valence-corrected chi connectivity index (χ1v) is 9.70. The third-order valence-corrected chi connectivity index (χ3v) is 3.54. The second-order valence-corrected chi connectivity index (χ2v) is 7.44. The number of benzene rings is 1. The van der Waals surface area contributed by atoms with Gasteiger partial charge in [-0.05, 0) is 46.2 Å². The zero-order chi connectivity index (χ0) is 21.0. The lowest BCUT2D eigenvalue weighted by molar-refractivity contribution is -0.153. The van der Waals surface area contributed by atoms with Gasteiger partial charge in [0.15, 0.2) is 5.96 Å². The number of aryl methyl sites for hydroxylation is 1. The molecule has 0 amide bonds. The van der Waals surface area contributed by atoms with Crippen LogP contribution in [0.25, 0.3) is 0 Å². The number of esters is 1. The van der Waals surface area contributed by atoms with Crippen LogP contribution in [0, 0.1) is 6.92 Å². The Hall–Kier alpha value is -2.28. The van der Waals surface area contributed by atoms with Gasteiger partial charge in [0.25, 0.3) is 0 Å². The van der Waals surface area contributed by atoms with E-state index in [1.807, 2.05) is 52.8 Å². The van der Waals surface area contributed by atoms with Crippen molar-refractivity contribution in [1.29, 1.82) is 0 Å². The predicted octanol–water partition coefficient (Wildman–Crippen LogP) is 2.81. The lowest BCUT2D eigenvalue weighted by atomic mass is 10.1. The molecule has 0 saturated carbocycles. The Kier molecular flexibility index (Phi) is 10.4. The number of hydrogen-bond donors (Lipinski definition) is 2. The number of carbonyl (C=O) groups excluding carboxylic acids is 1. The van der Waals surface area contributed by atoms with Crippen LogP contribution in [0.5, 0.6) is 5.75 Å². The van der Waals surface area contributed by atoms with Gasteiger partial charge in [-0.3, -0.25) is 4.79 Å². The second-order valence-electron chi connectivity index (χ2n) is 7.44. The molecule has 1 aromatic rings. The Balaban J connectivity index is 2.73. The highest BCUT2D eigenvalue weighted by Gasteiger charge is 2.16. The third kappa shape index (κ3) is 10.2. The van der Waals surface area contributed by atoms with Gasteiger partial charge < -0.3 is 24.8 Å². The SMILES string of the molecule is CCNC(=NCc1ccc(C)cc1OCCCOC)NCC(=O)OC(C)(C)C. The van der Waals surface area contributed by atoms with E-state index >= 15 is 0 Å². The second kappa shape index (κ2) is 12.2. The summed E-state index contributed by atoms with van der Waals surface area (Å²) in [5.74, 6) is 1.05. The highest BCUT2D eigenvalue weighted by atomic mass is 16.6. The van der Waals surface area contributed by atoms with E-state index in [2.05, 4.69) is 15.6 Å². The van der Waals surface area contributed by atoms with E-state index in [1.165, 1.54) is 0 Å². The van der Waals surface area contributed by atoms with Crippen molar-refractivity contribution >= 4 is 11.9 Å². The van der Waals surface area contributed by atoms with Crippen molar-refractivity contribution < 1.29 is 19.0 Å². The molecule has 0 radical (unpaired) electrons. The molecule has 158 valence electrons. The summed E-state index contributed by atoms with van der Waals surface area (Å²) in [6.45, 7) is 12.0. The van der Waals surface area contributed by atoms with Crippen molar-refractivity contribution in [3.63, 3.8) is 0 Å². The monoisotopic (exact) mass is 393 g/mol. The number of ether oxygens (including phenoxy) is 3. The first-order chi connectivity index (χ1) is 13.2. The summed E-state index contributed by atoms with van der Waals surface area (Å²) in [6, 6.07) is 6.06. The van der Waals surface area contributed by atoms with Gasteiger partial charge in [-0.25, -0.2) is 4.99 Å². The van der Waals surface area contributed by atoms with Crippen LogP contribution in [-0.4, -0.2) is 50.9 Å². The summed E-state index contributed by atoms with van der Waals surface area (Å²) >= 11 is 0. The third-order valence-electron chi connectivity index (χ3n) is 3.54. The average molecular weight is 394 g/mol. The van der Waals surface area contributed by atoms with Crippen LogP contribution in [0.15, 0.2) is 23.2 Å². The first kappa shape index (κ1) is 23.8. The topological polar surface area (TPSA) is 81.2 Å².